The fraction of sp³-hybridized carbons (Fsp3) is 0.333. The van der Waals surface area contributed by atoms with E-state index in [0.717, 1.165) is 31.0 Å². The van der Waals surface area contributed by atoms with E-state index >= 15 is 0 Å². The minimum absolute atomic E-state index is 0.145. The molecule has 1 fully saturated rings. The van der Waals surface area contributed by atoms with Crippen molar-refractivity contribution in [3.05, 3.63) is 65.4 Å². The average Bonchev–Trinajstić information content (AvgIpc) is 3.33. The fourth-order valence-corrected chi connectivity index (χ4v) is 4.24. The molecule has 2 aromatic heterocycles. The van der Waals surface area contributed by atoms with Gasteiger partial charge in [0.2, 0.25) is 0 Å². The van der Waals surface area contributed by atoms with Crippen molar-refractivity contribution < 1.29 is 9.53 Å². The zero-order valence-electron chi connectivity index (χ0n) is 16.0. The summed E-state index contributed by atoms with van der Waals surface area (Å²) >= 11 is 1.46. The van der Waals surface area contributed by atoms with Gasteiger partial charge in [-0.15, -0.1) is 11.3 Å². The van der Waals surface area contributed by atoms with Crippen molar-refractivity contribution in [1.29, 1.82) is 0 Å². The minimum atomic E-state index is -0.145. The van der Waals surface area contributed by atoms with Crippen molar-refractivity contribution in [2.45, 2.75) is 32.6 Å². The molecule has 1 aromatic carbocycles. The summed E-state index contributed by atoms with van der Waals surface area (Å²) in [5.74, 6) is -0.145. The summed E-state index contributed by atoms with van der Waals surface area (Å²) in [6.07, 6.45) is 4.41. The highest BCUT2D eigenvalue weighted by Crippen LogP contribution is 2.20. The van der Waals surface area contributed by atoms with Crippen LogP contribution in [0.25, 0.3) is 5.69 Å². The summed E-state index contributed by atoms with van der Waals surface area (Å²) in [5, 5.41) is 5.54. The maximum atomic E-state index is 12.5. The molecule has 3 aromatic rings. The number of rotatable bonds is 5. The van der Waals surface area contributed by atoms with Crippen LogP contribution in [-0.2, 0) is 11.3 Å². The first-order valence-electron chi connectivity index (χ1n) is 9.44. The van der Waals surface area contributed by atoms with Crippen LogP contribution in [0.2, 0.25) is 0 Å². The Morgan fingerprint density at radius 1 is 1.18 bits per heavy atom. The van der Waals surface area contributed by atoms with Crippen molar-refractivity contribution in [1.82, 2.24) is 14.5 Å². The van der Waals surface area contributed by atoms with Crippen LogP contribution in [-0.4, -0.2) is 45.7 Å². The molecular weight excluding hydrogens is 372 g/mol. The molecule has 1 saturated heterocycles. The lowest BCUT2D eigenvalue weighted by Crippen LogP contribution is -2.44. The van der Waals surface area contributed by atoms with E-state index in [0.29, 0.717) is 10.7 Å². The molecule has 0 saturated carbocycles. The number of amides is 1. The minimum Gasteiger partial charge on any atom is -0.373 e. The fourth-order valence-electron chi connectivity index (χ4n) is 3.54. The first kappa shape index (κ1) is 18.9. The monoisotopic (exact) mass is 396 g/mol. The number of morpholine rings is 1. The van der Waals surface area contributed by atoms with Gasteiger partial charge in [0.25, 0.3) is 5.91 Å². The zero-order chi connectivity index (χ0) is 19.5. The summed E-state index contributed by atoms with van der Waals surface area (Å²) in [6, 6.07) is 11.5. The van der Waals surface area contributed by atoms with E-state index in [1.807, 2.05) is 58.7 Å². The molecule has 0 bridgehead atoms. The predicted molar refractivity (Wildman–Crippen MR) is 111 cm³/mol. The first-order valence-corrected chi connectivity index (χ1v) is 10.3. The SMILES string of the molecule is CC1CN(Cc2csc(NC(=O)c3ccc(-n4cccc4)cc3)n2)CC(C)O1. The normalized spacial score (nSPS) is 20.2. The Kier molecular flexibility index (Phi) is 5.57. The van der Waals surface area contributed by atoms with Gasteiger partial charge in [0.1, 0.15) is 0 Å². The first-order chi connectivity index (χ1) is 13.6. The number of nitrogens with zero attached hydrogens (tertiary/aromatic N) is 3. The average molecular weight is 397 g/mol. The Bertz CT molecular complexity index is 910. The summed E-state index contributed by atoms with van der Waals surface area (Å²) in [6.45, 7) is 6.76. The van der Waals surface area contributed by atoms with Crippen molar-refractivity contribution in [3.63, 3.8) is 0 Å². The predicted octanol–water partition coefficient (Wildman–Crippen LogP) is 3.80. The third kappa shape index (κ3) is 4.49. The topological polar surface area (TPSA) is 59.4 Å². The number of ether oxygens (including phenoxy) is 1. The van der Waals surface area contributed by atoms with Crippen LogP contribution < -0.4 is 5.32 Å². The van der Waals surface area contributed by atoms with Crippen LogP contribution in [0.1, 0.15) is 29.9 Å². The number of hydrogen-bond donors (Lipinski definition) is 1. The van der Waals surface area contributed by atoms with E-state index in [1.165, 1.54) is 11.3 Å². The molecule has 28 heavy (non-hydrogen) atoms. The van der Waals surface area contributed by atoms with E-state index < -0.39 is 0 Å². The lowest BCUT2D eigenvalue weighted by molar-refractivity contribution is -0.0707. The Morgan fingerprint density at radius 2 is 1.86 bits per heavy atom. The summed E-state index contributed by atoms with van der Waals surface area (Å²) in [5.41, 5.74) is 2.61. The molecule has 0 spiro atoms. The number of benzene rings is 1. The van der Waals surface area contributed by atoms with Gasteiger partial charge >= 0.3 is 0 Å². The van der Waals surface area contributed by atoms with Gasteiger partial charge in [0.05, 0.1) is 17.9 Å². The number of nitrogens with one attached hydrogen (secondary N) is 1. The quantitative estimate of drug-likeness (QED) is 0.713. The van der Waals surface area contributed by atoms with Gasteiger partial charge in [-0.1, -0.05) is 0 Å². The van der Waals surface area contributed by atoms with Gasteiger partial charge in [-0.25, -0.2) is 4.98 Å². The van der Waals surface area contributed by atoms with Crippen molar-refractivity contribution in [3.8, 4) is 5.69 Å². The number of carbonyl (C=O) groups excluding carboxylic acids is 1. The molecular formula is C21H24N4O2S. The molecule has 0 aliphatic carbocycles. The molecule has 1 aliphatic rings. The molecule has 1 N–H and O–H groups in total. The highest BCUT2D eigenvalue weighted by molar-refractivity contribution is 7.13. The third-order valence-corrected chi connectivity index (χ3v) is 5.49. The standard InChI is InChI=1S/C21H24N4O2S/c1-15-11-24(12-16(2)27-15)13-18-14-28-21(22-18)23-20(26)17-5-7-19(8-6-17)25-9-3-4-10-25/h3-10,14-16H,11-13H2,1-2H3,(H,22,23,26). The molecule has 6 nitrogen and oxygen atoms in total. The maximum absolute atomic E-state index is 12.5. The molecule has 3 heterocycles. The van der Waals surface area contributed by atoms with Gasteiger partial charge in [-0.2, -0.15) is 0 Å². The van der Waals surface area contributed by atoms with Crippen molar-refractivity contribution in [2.24, 2.45) is 0 Å². The molecule has 1 aliphatic heterocycles. The highest BCUT2D eigenvalue weighted by Gasteiger charge is 2.22. The van der Waals surface area contributed by atoms with Crippen LogP contribution in [0.3, 0.4) is 0 Å². The van der Waals surface area contributed by atoms with Gasteiger partial charge in [0.15, 0.2) is 5.13 Å². The Balaban J connectivity index is 1.36. The van der Waals surface area contributed by atoms with Crippen molar-refractivity contribution in [2.75, 3.05) is 18.4 Å². The van der Waals surface area contributed by atoms with Gasteiger partial charge in [-0.3, -0.25) is 15.0 Å². The van der Waals surface area contributed by atoms with Crippen LogP contribution in [0.5, 0.6) is 0 Å². The van der Waals surface area contributed by atoms with Crippen molar-refractivity contribution >= 4 is 22.4 Å². The Hall–Kier alpha value is -2.48. The molecule has 146 valence electrons. The second kappa shape index (κ2) is 8.26. The van der Waals surface area contributed by atoms with Gasteiger partial charge < -0.3 is 9.30 Å². The Morgan fingerprint density at radius 3 is 2.54 bits per heavy atom. The van der Waals surface area contributed by atoms with E-state index in [9.17, 15) is 4.79 Å². The Labute approximate surface area is 168 Å². The van der Waals surface area contributed by atoms with E-state index in [2.05, 4.69) is 29.0 Å². The zero-order valence-corrected chi connectivity index (χ0v) is 16.9. The summed E-state index contributed by atoms with van der Waals surface area (Å²) in [4.78, 5) is 19.4. The maximum Gasteiger partial charge on any atom is 0.257 e. The van der Waals surface area contributed by atoms with Crippen LogP contribution in [0.4, 0.5) is 5.13 Å². The molecule has 0 radical (unpaired) electrons. The van der Waals surface area contributed by atoms with Crippen LogP contribution >= 0.6 is 11.3 Å². The smallest absolute Gasteiger partial charge is 0.257 e. The largest absolute Gasteiger partial charge is 0.373 e. The second-order valence-corrected chi connectivity index (χ2v) is 8.04. The number of carbonyl (C=O) groups is 1. The van der Waals surface area contributed by atoms with E-state index in [-0.39, 0.29) is 18.1 Å². The number of aromatic nitrogens is 2. The summed E-state index contributed by atoms with van der Waals surface area (Å²) < 4.78 is 7.78. The third-order valence-electron chi connectivity index (χ3n) is 4.69. The lowest BCUT2D eigenvalue weighted by Gasteiger charge is -2.34. The van der Waals surface area contributed by atoms with E-state index in [1.54, 1.807) is 0 Å². The van der Waals surface area contributed by atoms with Gasteiger partial charge in [0, 0.05) is 48.7 Å². The van der Waals surface area contributed by atoms with Crippen LogP contribution in [0, 0.1) is 0 Å². The molecule has 2 unspecified atom stereocenters. The number of anilines is 1. The van der Waals surface area contributed by atoms with Crippen LogP contribution in [0.15, 0.2) is 54.2 Å². The molecule has 7 heteroatoms. The molecule has 1 amide bonds. The lowest BCUT2D eigenvalue weighted by atomic mass is 10.2. The second-order valence-electron chi connectivity index (χ2n) is 7.19. The van der Waals surface area contributed by atoms with Gasteiger partial charge in [-0.05, 0) is 50.2 Å². The molecule has 2 atom stereocenters. The number of hydrogen-bond acceptors (Lipinski definition) is 5. The number of thiazole rings is 1. The summed E-state index contributed by atoms with van der Waals surface area (Å²) in [7, 11) is 0. The van der Waals surface area contributed by atoms with E-state index in [4.69, 9.17) is 4.74 Å². The highest BCUT2D eigenvalue weighted by atomic mass is 32.1. The molecule has 4 rings (SSSR count).